The zero-order chi connectivity index (χ0) is 42.7. The van der Waals surface area contributed by atoms with Crippen LogP contribution in [0.25, 0.3) is 22.3 Å². The Kier molecular flexibility index (Phi) is 12.2. The van der Waals surface area contributed by atoms with Crippen molar-refractivity contribution < 1.29 is 33.4 Å². The summed E-state index contributed by atoms with van der Waals surface area (Å²) in [5.74, 6) is 0.285. The first-order chi connectivity index (χ1) is 30.2. The molecule has 2 aromatic heterocycles. The van der Waals surface area contributed by atoms with E-state index in [0.717, 1.165) is 109 Å². The van der Waals surface area contributed by atoms with E-state index >= 15 is 0 Å². The van der Waals surface area contributed by atoms with Crippen LogP contribution in [0, 0.1) is 11.8 Å². The van der Waals surface area contributed by atoms with E-state index < -0.39 is 29.7 Å². The molecule has 326 valence electrons. The Morgan fingerprint density at radius 2 is 1.58 bits per heavy atom. The van der Waals surface area contributed by atoms with Crippen molar-refractivity contribution in [2.75, 3.05) is 62.3 Å². The van der Waals surface area contributed by atoms with Gasteiger partial charge in [-0.05, 0) is 93.7 Å². The number of H-pyrrole nitrogens is 1. The van der Waals surface area contributed by atoms with Gasteiger partial charge < -0.3 is 24.2 Å². The molecule has 4 aromatic rings. The summed E-state index contributed by atoms with van der Waals surface area (Å²) in [5.41, 5.74) is 3.85. The first-order valence-corrected chi connectivity index (χ1v) is 22.4. The van der Waals surface area contributed by atoms with Crippen molar-refractivity contribution in [2.24, 2.45) is 11.8 Å². The molecule has 16 heteroatoms. The molecule has 2 N–H and O–H groups in total. The molecule has 5 aliphatic rings. The van der Waals surface area contributed by atoms with Crippen LogP contribution >= 0.6 is 0 Å². The minimum Gasteiger partial charge on any atom is -0.494 e. The molecule has 4 fully saturated rings. The average Bonchev–Trinajstić information content (AvgIpc) is 3.84. The Labute approximate surface area is 360 Å². The van der Waals surface area contributed by atoms with E-state index in [0.29, 0.717) is 51.5 Å². The van der Waals surface area contributed by atoms with Gasteiger partial charge in [-0.25, -0.2) is 9.97 Å². The molecule has 0 aliphatic carbocycles. The van der Waals surface area contributed by atoms with Crippen LogP contribution in [0.4, 0.5) is 11.5 Å². The second kappa shape index (κ2) is 18.2. The molecule has 1 unspecified atom stereocenters. The number of fused-ring (bicyclic) bond motifs is 2. The fourth-order valence-corrected chi connectivity index (χ4v) is 9.61. The molecular formula is C46H55N9O7. The molecule has 5 amide bonds. The number of ether oxygens (including phenoxy) is 2. The highest BCUT2D eigenvalue weighted by atomic mass is 16.5. The Bertz CT molecular complexity index is 2330. The zero-order valence-electron chi connectivity index (χ0n) is 35.4. The molecule has 2 aromatic carbocycles. The molecule has 16 nitrogen and oxygen atoms in total. The number of hydrogen-bond donors (Lipinski definition) is 2. The lowest BCUT2D eigenvalue weighted by Gasteiger charge is -2.38. The summed E-state index contributed by atoms with van der Waals surface area (Å²) >= 11 is 0. The van der Waals surface area contributed by atoms with E-state index in [1.165, 1.54) is 0 Å². The van der Waals surface area contributed by atoms with Gasteiger partial charge in [-0.15, -0.1) is 0 Å². The highest BCUT2D eigenvalue weighted by molar-refractivity contribution is 6.23. The SMILES string of the molecule is CCCCCOc1ccc2[nH]nc(-c3cc(N4CCC(COC5CCN(C(=O)C6CCN(c7ccc8c(c7)C(=O)N(C7CCC(=O)NC7=O)C8=O)CC6)CC5)CC4)ncn3)c2c1. The number of likely N-dealkylation sites (tertiary alicyclic amines) is 1. The van der Waals surface area contributed by atoms with Crippen molar-refractivity contribution >= 4 is 51.9 Å². The second-order valence-electron chi connectivity index (χ2n) is 17.3. The van der Waals surface area contributed by atoms with E-state index in [2.05, 4.69) is 42.2 Å². The highest BCUT2D eigenvalue weighted by Gasteiger charge is 2.45. The smallest absolute Gasteiger partial charge is 0.262 e. The van der Waals surface area contributed by atoms with Crippen LogP contribution in [0.5, 0.6) is 5.75 Å². The maximum atomic E-state index is 13.6. The number of amides is 5. The van der Waals surface area contributed by atoms with Crippen LogP contribution in [-0.2, 0) is 19.1 Å². The number of imide groups is 2. The molecule has 7 heterocycles. The van der Waals surface area contributed by atoms with Crippen molar-refractivity contribution in [1.82, 2.24) is 35.3 Å². The van der Waals surface area contributed by atoms with Gasteiger partial charge in [-0.3, -0.25) is 39.3 Å². The summed E-state index contributed by atoms with van der Waals surface area (Å²) in [4.78, 5) is 80.9. The topological polar surface area (TPSA) is 183 Å². The third-order valence-corrected chi connectivity index (χ3v) is 13.3. The summed E-state index contributed by atoms with van der Waals surface area (Å²) in [6.45, 7) is 8.09. The number of nitrogens with zero attached hydrogens (tertiary/aromatic N) is 7. The molecular weight excluding hydrogens is 791 g/mol. The van der Waals surface area contributed by atoms with Crippen molar-refractivity contribution in [3.8, 4) is 17.1 Å². The van der Waals surface area contributed by atoms with Gasteiger partial charge in [-0.2, -0.15) is 5.10 Å². The normalized spacial score (nSPS) is 20.6. The quantitative estimate of drug-likeness (QED) is 0.134. The standard InChI is InChI=1S/C46H55N9O7/c1-2-3-4-23-61-33-6-8-37-36(25-33)42(51-50-37)38-26-40(48-28-47-38)53-17-11-29(12-18-53)27-62-32-15-21-54(22-16-32)44(58)30-13-19-52(20-14-30)31-5-7-34-35(24-31)46(60)55(45(34)59)39-9-10-41(56)49-43(39)57/h5-8,24-26,28-30,32,39H,2-4,9-23,27H2,1H3,(H,50,51)(H,49,56,57). The summed E-state index contributed by atoms with van der Waals surface area (Å²) in [7, 11) is 0. The molecule has 0 saturated carbocycles. The third kappa shape index (κ3) is 8.61. The van der Waals surface area contributed by atoms with Gasteiger partial charge in [-0.1, -0.05) is 19.8 Å². The maximum Gasteiger partial charge on any atom is 0.262 e. The lowest BCUT2D eigenvalue weighted by molar-refractivity contribution is -0.139. The maximum absolute atomic E-state index is 13.6. The lowest BCUT2D eigenvalue weighted by atomic mass is 9.93. The van der Waals surface area contributed by atoms with Crippen LogP contribution in [0.2, 0.25) is 0 Å². The molecule has 1 atom stereocenters. The number of benzene rings is 2. The summed E-state index contributed by atoms with van der Waals surface area (Å²) in [6, 6.07) is 12.2. The van der Waals surface area contributed by atoms with Crippen molar-refractivity contribution in [2.45, 2.75) is 89.7 Å². The van der Waals surface area contributed by atoms with E-state index in [-0.39, 0.29) is 41.9 Å². The Morgan fingerprint density at radius 3 is 2.35 bits per heavy atom. The van der Waals surface area contributed by atoms with Crippen LogP contribution in [0.15, 0.2) is 48.8 Å². The van der Waals surface area contributed by atoms with Crippen LogP contribution in [0.1, 0.15) is 98.3 Å². The lowest BCUT2D eigenvalue weighted by Crippen LogP contribution is -2.54. The van der Waals surface area contributed by atoms with Gasteiger partial charge in [0.1, 0.15) is 29.6 Å². The van der Waals surface area contributed by atoms with Crippen molar-refractivity contribution in [3.63, 3.8) is 0 Å². The number of piperidine rings is 4. The number of hydrogen-bond acceptors (Lipinski definition) is 12. The number of aromatic amines is 1. The average molecular weight is 846 g/mol. The summed E-state index contributed by atoms with van der Waals surface area (Å²) in [5, 5.41) is 11.0. The number of anilines is 2. The molecule has 5 aliphatic heterocycles. The van der Waals surface area contributed by atoms with E-state index in [1.807, 2.05) is 35.2 Å². The van der Waals surface area contributed by atoms with Gasteiger partial charge >= 0.3 is 0 Å². The number of carbonyl (C=O) groups is 5. The van der Waals surface area contributed by atoms with E-state index in [1.54, 1.807) is 18.5 Å². The second-order valence-corrected chi connectivity index (χ2v) is 17.3. The number of nitrogens with one attached hydrogen (secondary N) is 2. The summed E-state index contributed by atoms with van der Waals surface area (Å²) in [6.07, 6.45) is 10.4. The number of aromatic nitrogens is 4. The van der Waals surface area contributed by atoms with Crippen LogP contribution < -0.4 is 19.9 Å². The Hall–Kier alpha value is -5.90. The van der Waals surface area contributed by atoms with Crippen LogP contribution in [0.3, 0.4) is 0 Å². The molecule has 4 saturated heterocycles. The highest BCUT2D eigenvalue weighted by Crippen LogP contribution is 2.34. The minimum absolute atomic E-state index is 0.0632. The number of unbranched alkanes of at least 4 members (excludes halogenated alkanes) is 2. The molecule has 0 spiro atoms. The largest absolute Gasteiger partial charge is 0.494 e. The molecule has 9 rings (SSSR count). The third-order valence-electron chi connectivity index (χ3n) is 13.3. The minimum atomic E-state index is -0.996. The van der Waals surface area contributed by atoms with Gasteiger partial charge in [0.05, 0.1) is 35.0 Å². The van der Waals surface area contributed by atoms with Gasteiger partial charge in [0, 0.05) is 75.4 Å². The fourth-order valence-electron chi connectivity index (χ4n) is 9.61. The first kappa shape index (κ1) is 41.5. The van der Waals surface area contributed by atoms with Gasteiger partial charge in [0.2, 0.25) is 17.7 Å². The first-order valence-electron chi connectivity index (χ1n) is 22.4. The zero-order valence-corrected chi connectivity index (χ0v) is 35.4. The number of rotatable bonds is 13. The number of carbonyl (C=O) groups excluding carboxylic acids is 5. The molecule has 62 heavy (non-hydrogen) atoms. The monoisotopic (exact) mass is 845 g/mol. The predicted octanol–water partition coefficient (Wildman–Crippen LogP) is 5.13. The van der Waals surface area contributed by atoms with E-state index in [9.17, 15) is 24.0 Å². The van der Waals surface area contributed by atoms with Crippen molar-refractivity contribution in [1.29, 1.82) is 0 Å². The van der Waals surface area contributed by atoms with Crippen LogP contribution in [-0.4, -0.2) is 124 Å². The molecule has 0 bridgehead atoms. The van der Waals surface area contributed by atoms with Gasteiger partial charge in [0.15, 0.2) is 0 Å². The fraction of sp³-hybridized carbons (Fsp3) is 0.522. The van der Waals surface area contributed by atoms with Gasteiger partial charge in [0.25, 0.3) is 11.8 Å². The Balaban J connectivity index is 0.703. The summed E-state index contributed by atoms with van der Waals surface area (Å²) < 4.78 is 12.5. The Morgan fingerprint density at radius 1 is 0.806 bits per heavy atom. The predicted molar refractivity (Wildman–Crippen MR) is 231 cm³/mol. The van der Waals surface area contributed by atoms with Crippen molar-refractivity contribution in [3.05, 3.63) is 59.9 Å². The molecule has 0 radical (unpaired) electrons. The van der Waals surface area contributed by atoms with E-state index in [4.69, 9.17) is 9.47 Å².